The molecular formula is C48H54N5O4+. The molecule has 0 aromatic heterocycles. The van der Waals surface area contributed by atoms with E-state index in [9.17, 15) is 19.2 Å². The fraction of sp³-hybridized carbons (Fsp3) is 0.333. The van der Waals surface area contributed by atoms with Crippen LogP contribution in [0.1, 0.15) is 64.5 Å². The van der Waals surface area contributed by atoms with E-state index in [2.05, 4.69) is 153 Å². The number of hydrogen-bond donors (Lipinski definition) is 3. The number of anilines is 1. The van der Waals surface area contributed by atoms with Gasteiger partial charge in [-0.2, -0.15) is 0 Å². The van der Waals surface area contributed by atoms with Crippen LogP contribution in [0.3, 0.4) is 0 Å². The van der Waals surface area contributed by atoms with Gasteiger partial charge in [0.1, 0.15) is 11.7 Å². The third-order valence-corrected chi connectivity index (χ3v) is 12.1. The minimum absolute atomic E-state index is 0.00510. The van der Waals surface area contributed by atoms with Gasteiger partial charge in [0.2, 0.25) is 11.8 Å². The maximum absolute atomic E-state index is 12.9. The molecule has 9 nitrogen and oxygen atoms in total. The van der Waals surface area contributed by atoms with Gasteiger partial charge in [-0.1, -0.05) is 86.7 Å². The lowest BCUT2D eigenvalue weighted by Crippen LogP contribution is -3.10. The fourth-order valence-electron chi connectivity index (χ4n) is 9.24. The number of carbonyl (C=O) groups excluding carboxylic acids is 4. The summed E-state index contributed by atoms with van der Waals surface area (Å²) in [5.74, 6) is -1.03. The number of carbonyl (C=O) groups is 4. The summed E-state index contributed by atoms with van der Waals surface area (Å²) in [6.07, 6.45) is 15.3. The minimum Gasteiger partial charge on any atom is -0.356 e. The van der Waals surface area contributed by atoms with Crippen LogP contribution >= 0.6 is 0 Å². The van der Waals surface area contributed by atoms with Gasteiger partial charge in [0.05, 0.1) is 12.0 Å². The Hall–Kier alpha value is -5.80. The van der Waals surface area contributed by atoms with Crippen LogP contribution in [0.5, 0.6) is 0 Å². The van der Waals surface area contributed by atoms with Crippen LogP contribution < -0.4 is 20.4 Å². The average molecular weight is 765 g/mol. The smallest absolute Gasteiger partial charge is 0.253 e. The molecule has 0 saturated carbocycles. The average Bonchev–Trinajstić information content (AvgIpc) is 3.71. The predicted molar refractivity (Wildman–Crippen MR) is 228 cm³/mol. The van der Waals surface area contributed by atoms with Gasteiger partial charge in [-0.15, -0.1) is 0 Å². The number of rotatable bonds is 14. The lowest BCUT2D eigenvalue weighted by Gasteiger charge is -2.27. The molecule has 9 heteroatoms. The van der Waals surface area contributed by atoms with Gasteiger partial charge in [-0.3, -0.25) is 29.0 Å². The summed E-state index contributed by atoms with van der Waals surface area (Å²) in [5, 5.41) is 10.9. The molecular weight excluding hydrogens is 711 g/mol. The van der Waals surface area contributed by atoms with Gasteiger partial charge < -0.3 is 15.5 Å². The lowest BCUT2D eigenvalue weighted by molar-refractivity contribution is -0.850. The molecule has 0 aliphatic carbocycles. The fourth-order valence-corrected chi connectivity index (χ4v) is 9.24. The summed E-state index contributed by atoms with van der Waals surface area (Å²) in [6.45, 7) is 11.0. The van der Waals surface area contributed by atoms with Crippen LogP contribution in [-0.2, 0) is 30.0 Å². The van der Waals surface area contributed by atoms with Gasteiger partial charge in [-0.25, -0.2) is 0 Å². The van der Waals surface area contributed by atoms with Gasteiger partial charge in [0.25, 0.3) is 11.8 Å². The molecule has 294 valence electrons. The standard InChI is InChI=1S/C48H53N5O4/c1-47(2)39(51(5)37-24-22-33-15-9-11-17-35(33)45(37)47)19-7-6-8-20-40-48(3,4)46-36-18-12-10-16-34(36)23-25-38(46)52(40)31-13-21-41(54)49-29-14-30-50-42(55)28-32-53-43(56)26-27-44(53)57/h6-12,15-20,22-27,40H,13-14,21,28-32H2,1-5H3,(H,49,54)(H,50,55)/p+1/b7-6+,20-8+,39-19+. The Morgan fingerprint density at radius 2 is 1.35 bits per heavy atom. The molecule has 0 spiro atoms. The maximum atomic E-state index is 12.9. The molecule has 2 unspecified atom stereocenters. The lowest BCUT2D eigenvalue weighted by atomic mass is 9.78. The quantitative estimate of drug-likeness (QED) is 0.0794. The summed E-state index contributed by atoms with van der Waals surface area (Å²) in [7, 11) is 2.16. The topological polar surface area (TPSA) is 103 Å². The van der Waals surface area contributed by atoms with Crippen LogP contribution in [0.4, 0.5) is 11.4 Å². The van der Waals surface area contributed by atoms with E-state index in [1.807, 2.05) is 0 Å². The molecule has 7 rings (SSSR count). The number of benzene rings is 4. The third kappa shape index (κ3) is 7.81. The van der Waals surface area contributed by atoms with Crippen LogP contribution in [0.2, 0.25) is 0 Å². The molecule has 2 atom stereocenters. The van der Waals surface area contributed by atoms with Crippen LogP contribution in [0, 0.1) is 0 Å². The number of allylic oxidation sites excluding steroid dienone is 5. The van der Waals surface area contributed by atoms with E-state index in [0.29, 0.717) is 25.9 Å². The van der Waals surface area contributed by atoms with E-state index in [1.54, 1.807) is 0 Å². The Kier molecular flexibility index (Phi) is 11.3. The number of imide groups is 1. The highest BCUT2D eigenvalue weighted by Crippen LogP contribution is 2.50. The van der Waals surface area contributed by atoms with Crippen LogP contribution in [0.25, 0.3) is 21.5 Å². The second kappa shape index (κ2) is 16.4. The van der Waals surface area contributed by atoms with Crippen molar-refractivity contribution in [1.82, 2.24) is 15.5 Å². The van der Waals surface area contributed by atoms with Crippen molar-refractivity contribution in [2.75, 3.05) is 38.1 Å². The Balaban J connectivity index is 0.972. The molecule has 0 radical (unpaired) electrons. The molecule has 3 heterocycles. The molecule has 0 saturated heterocycles. The number of hydrogen-bond acceptors (Lipinski definition) is 5. The molecule has 3 aliphatic rings. The van der Waals surface area contributed by atoms with E-state index >= 15 is 0 Å². The van der Waals surface area contributed by atoms with Gasteiger partial charge in [0, 0.05) is 86.5 Å². The predicted octanol–water partition coefficient (Wildman–Crippen LogP) is 6.31. The monoisotopic (exact) mass is 764 g/mol. The number of fused-ring (bicyclic) bond motifs is 6. The Labute approximate surface area is 335 Å². The second-order valence-electron chi connectivity index (χ2n) is 16.4. The molecule has 3 aliphatic heterocycles. The SMILES string of the molecule is CN1/C(=C/C=C/C=C/C2[NH+](CCCC(=O)NCCCNC(=O)CCN3C(=O)C=CC3=O)c3ccc4ccccc4c3C2(C)C)C(C)(C)c2c1ccc1ccccc21. The highest BCUT2D eigenvalue weighted by Gasteiger charge is 2.48. The highest BCUT2D eigenvalue weighted by atomic mass is 16.2. The van der Waals surface area contributed by atoms with Crippen molar-refractivity contribution in [1.29, 1.82) is 0 Å². The first-order valence-corrected chi connectivity index (χ1v) is 20.2. The first kappa shape index (κ1) is 39.4. The Morgan fingerprint density at radius 3 is 2.04 bits per heavy atom. The Bertz CT molecular complexity index is 2330. The number of nitrogens with zero attached hydrogens (tertiary/aromatic N) is 2. The van der Waals surface area contributed by atoms with E-state index < -0.39 is 11.8 Å². The molecule has 3 N–H and O–H groups in total. The van der Waals surface area contributed by atoms with Crippen molar-refractivity contribution in [3.05, 3.63) is 132 Å². The van der Waals surface area contributed by atoms with Crippen molar-refractivity contribution in [3.8, 4) is 0 Å². The Morgan fingerprint density at radius 1 is 0.737 bits per heavy atom. The van der Waals surface area contributed by atoms with Crippen molar-refractivity contribution < 1.29 is 24.1 Å². The van der Waals surface area contributed by atoms with E-state index in [0.717, 1.165) is 17.9 Å². The number of nitrogens with one attached hydrogen (secondary N) is 3. The van der Waals surface area contributed by atoms with Crippen molar-refractivity contribution in [2.45, 2.75) is 70.3 Å². The summed E-state index contributed by atoms with van der Waals surface area (Å²) in [6, 6.07) is 26.4. The van der Waals surface area contributed by atoms with E-state index in [4.69, 9.17) is 0 Å². The zero-order valence-corrected chi connectivity index (χ0v) is 33.7. The van der Waals surface area contributed by atoms with E-state index in [1.165, 1.54) is 66.8 Å². The minimum atomic E-state index is -0.394. The number of quaternary nitrogens is 1. The summed E-state index contributed by atoms with van der Waals surface area (Å²) in [4.78, 5) is 53.2. The van der Waals surface area contributed by atoms with Crippen molar-refractivity contribution >= 4 is 56.5 Å². The summed E-state index contributed by atoms with van der Waals surface area (Å²) >= 11 is 0. The van der Waals surface area contributed by atoms with Gasteiger partial charge in [-0.05, 0) is 71.7 Å². The maximum Gasteiger partial charge on any atom is 0.253 e. The third-order valence-electron chi connectivity index (χ3n) is 12.1. The molecule has 0 bridgehead atoms. The summed E-state index contributed by atoms with van der Waals surface area (Å²) in [5.41, 5.74) is 6.27. The molecule has 4 aromatic carbocycles. The summed E-state index contributed by atoms with van der Waals surface area (Å²) < 4.78 is 0. The van der Waals surface area contributed by atoms with Crippen LogP contribution in [-0.4, -0.2) is 67.8 Å². The molecule has 4 amide bonds. The normalized spacial score (nSPS) is 20.1. The van der Waals surface area contributed by atoms with Crippen molar-refractivity contribution in [2.24, 2.45) is 0 Å². The molecule has 0 fully saturated rings. The first-order valence-electron chi connectivity index (χ1n) is 20.2. The zero-order valence-electron chi connectivity index (χ0n) is 33.7. The largest absolute Gasteiger partial charge is 0.356 e. The van der Waals surface area contributed by atoms with E-state index in [-0.39, 0.29) is 41.7 Å². The number of amides is 4. The zero-order chi connectivity index (χ0) is 40.3. The molecule has 4 aromatic rings. The van der Waals surface area contributed by atoms with Crippen molar-refractivity contribution in [3.63, 3.8) is 0 Å². The van der Waals surface area contributed by atoms with Gasteiger partial charge in [0.15, 0.2) is 0 Å². The number of likely N-dealkylation sites (N-methyl/N-ethyl adjacent to an activating group) is 1. The first-order chi connectivity index (χ1) is 27.4. The second-order valence-corrected chi connectivity index (χ2v) is 16.4. The van der Waals surface area contributed by atoms with Crippen LogP contribution in [0.15, 0.2) is 121 Å². The molecule has 57 heavy (non-hydrogen) atoms. The van der Waals surface area contributed by atoms with Gasteiger partial charge >= 0.3 is 0 Å². The highest BCUT2D eigenvalue weighted by molar-refractivity contribution is 6.13.